The molecule has 0 fully saturated rings. The standard InChI is InChI=1S/2Cu.H3O4P.H/c;;1-5(2,3)4;/h;;(H3,1,2,3,4);/q2*+2;;-1/p-3. The van der Waals surface area contributed by atoms with Crippen LogP contribution in [0.25, 0.3) is 0 Å². The van der Waals surface area contributed by atoms with Crippen molar-refractivity contribution in [2.75, 3.05) is 0 Å². The summed E-state index contributed by atoms with van der Waals surface area (Å²) < 4.78 is 8.55. The second-order valence-electron chi connectivity index (χ2n) is 0.447. The number of hydrogen-bond donors (Lipinski definition) is 0. The van der Waals surface area contributed by atoms with Gasteiger partial charge >= 0.3 is 34.1 Å². The monoisotopic (exact) mass is 222 g/mol. The van der Waals surface area contributed by atoms with Gasteiger partial charge in [0, 0.05) is 0 Å². The first-order chi connectivity index (χ1) is 2.00. The molecule has 7 heavy (non-hydrogen) atoms. The van der Waals surface area contributed by atoms with Crippen LogP contribution in [0, 0.1) is 0 Å². The maximum atomic E-state index is 8.55. The molecule has 0 heterocycles. The van der Waals surface area contributed by atoms with Gasteiger partial charge in [-0.2, -0.15) is 7.82 Å². The second kappa shape index (κ2) is 5.29. The Morgan fingerprint density at radius 1 is 1.14 bits per heavy atom. The third-order valence-corrected chi connectivity index (χ3v) is 0. The van der Waals surface area contributed by atoms with Gasteiger partial charge in [-0.25, -0.2) is 0 Å². The molecule has 2 radical (unpaired) electrons. The van der Waals surface area contributed by atoms with Crippen LogP contribution in [0.3, 0.4) is 0 Å². The van der Waals surface area contributed by atoms with E-state index in [1.807, 2.05) is 0 Å². The fourth-order valence-corrected chi connectivity index (χ4v) is 0. The molecule has 0 aromatic heterocycles. The molecule has 4 nitrogen and oxygen atoms in total. The van der Waals surface area contributed by atoms with Crippen LogP contribution in [0.15, 0.2) is 0 Å². The molecular formula is HCu2O4P. The zero-order valence-electron chi connectivity index (χ0n) is 3.68. The van der Waals surface area contributed by atoms with E-state index < -0.39 is 7.82 Å². The van der Waals surface area contributed by atoms with Gasteiger partial charge in [-0.1, -0.05) is 0 Å². The fraction of sp³-hybridized carbons (Fsp3) is 0. The Labute approximate surface area is 63.0 Å². The van der Waals surface area contributed by atoms with Gasteiger partial charge in [0.15, 0.2) is 0 Å². The summed E-state index contributed by atoms with van der Waals surface area (Å²) in [4.78, 5) is 25.6. The Bertz CT molecular complexity index is 60.2. The molecule has 0 aromatic rings. The van der Waals surface area contributed by atoms with Crippen LogP contribution < -0.4 is 14.7 Å². The molecule has 0 aliphatic carbocycles. The van der Waals surface area contributed by atoms with E-state index in [-0.39, 0.29) is 35.6 Å². The van der Waals surface area contributed by atoms with Crippen LogP contribution in [0.5, 0.6) is 0 Å². The SMILES string of the molecule is O=P([O-])([O-])[O-].[Cu+2].[Cu+2].[H-]. The van der Waals surface area contributed by atoms with Crippen molar-refractivity contribution in [1.82, 2.24) is 0 Å². The Kier molecular flexibility index (Phi) is 11.9. The molecule has 0 atom stereocenters. The van der Waals surface area contributed by atoms with E-state index in [2.05, 4.69) is 0 Å². The van der Waals surface area contributed by atoms with Crippen LogP contribution in [0.2, 0.25) is 0 Å². The molecule has 0 saturated heterocycles. The smallest absolute Gasteiger partial charge is 1.00 e. The van der Waals surface area contributed by atoms with Crippen LogP contribution in [0.1, 0.15) is 1.43 Å². The predicted octanol–water partition coefficient (Wildman–Crippen LogP) is -2.72. The van der Waals surface area contributed by atoms with E-state index in [4.69, 9.17) is 19.2 Å². The van der Waals surface area contributed by atoms with Crippen LogP contribution >= 0.6 is 7.82 Å². The van der Waals surface area contributed by atoms with Gasteiger partial charge in [0.2, 0.25) is 0 Å². The van der Waals surface area contributed by atoms with Crippen molar-refractivity contribution < 1.29 is 54.8 Å². The molecule has 0 aliphatic rings. The average molecular weight is 223 g/mol. The van der Waals surface area contributed by atoms with Gasteiger partial charge in [0.05, 0.1) is 0 Å². The van der Waals surface area contributed by atoms with Crippen molar-refractivity contribution in [1.29, 1.82) is 0 Å². The summed E-state index contributed by atoms with van der Waals surface area (Å²) in [6, 6.07) is 0. The summed E-state index contributed by atoms with van der Waals surface area (Å²) >= 11 is 0. The largest absolute Gasteiger partial charge is 2.00 e. The van der Waals surface area contributed by atoms with Gasteiger partial charge in [-0.15, -0.1) is 0 Å². The first-order valence-corrected chi connectivity index (χ1v) is 2.19. The van der Waals surface area contributed by atoms with Crippen molar-refractivity contribution >= 4 is 7.82 Å². The summed E-state index contributed by atoms with van der Waals surface area (Å²) in [6.07, 6.45) is 0. The zero-order valence-corrected chi connectivity index (χ0v) is 5.46. The maximum Gasteiger partial charge on any atom is 2.00 e. The normalized spacial score (nSPS) is 8.43. The van der Waals surface area contributed by atoms with Crippen LogP contribution in [-0.4, -0.2) is 0 Å². The summed E-state index contributed by atoms with van der Waals surface area (Å²) in [6.45, 7) is 0. The summed E-state index contributed by atoms with van der Waals surface area (Å²) in [5.74, 6) is 0. The van der Waals surface area contributed by atoms with Gasteiger partial charge < -0.3 is 20.7 Å². The molecule has 7 heteroatoms. The van der Waals surface area contributed by atoms with E-state index in [1.54, 1.807) is 0 Å². The number of rotatable bonds is 0. The van der Waals surface area contributed by atoms with Gasteiger partial charge in [-0.3, -0.25) is 0 Å². The molecule has 0 N–H and O–H groups in total. The molecule has 0 rings (SSSR count). The Morgan fingerprint density at radius 3 is 1.14 bits per heavy atom. The maximum absolute atomic E-state index is 8.55. The van der Waals surface area contributed by atoms with Crippen LogP contribution in [0.4, 0.5) is 0 Å². The minimum atomic E-state index is -5.39. The van der Waals surface area contributed by atoms with Gasteiger partial charge in [0.25, 0.3) is 0 Å². The van der Waals surface area contributed by atoms with Crippen molar-refractivity contribution in [2.24, 2.45) is 0 Å². The first kappa shape index (κ1) is 15.7. The molecule has 0 amide bonds. The summed E-state index contributed by atoms with van der Waals surface area (Å²) in [5.41, 5.74) is 0. The predicted molar refractivity (Wildman–Crippen MR) is 8.72 cm³/mol. The van der Waals surface area contributed by atoms with E-state index in [0.29, 0.717) is 0 Å². The molecule has 52 valence electrons. The number of phosphoric acid groups is 1. The molecule has 0 aromatic carbocycles. The van der Waals surface area contributed by atoms with Crippen LogP contribution in [-0.2, 0) is 38.7 Å². The molecular weight excluding hydrogens is 222 g/mol. The third kappa shape index (κ3) is 144. The average Bonchev–Trinajstić information content (AvgIpc) is 0.722. The van der Waals surface area contributed by atoms with Crippen molar-refractivity contribution in [3.63, 3.8) is 0 Å². The van der Waals surface area contributed by atoms with Gasteiger partial charge in [-0.05, 0) is 0 Å². The molecule has 0 bridgehead atoms. The quantitative estimate of drug-likeness (QED) is 0.330. The Hall–Kier alpha value is 1.15. The van der Waals surface area contributed by atoms with Crippen molar-refractivity contribution in [3.05, 3.63) is 0 Å². The molecule has 0 saturated carbocycles. The third-order valence-electron chi connectivity index (χ3n) is 0. The topological polar surface area (TPSA) is 86.2 Å². The zero-order chi connectivity index (χ0) is 4.50. The van der Waals surface area contributed by atoms with Crippen molar-refractivity contribution in [2.45, 2.75) is 0 Å². The number of hydrogen-bond acceptors (Lipinski definition) is 4. The van der Waals surface area contributed by atoms with E-state index >= 15 is 0 Å². The minimum Gasteiger partial charge on any atom is -1.00 e. The molecule has 0 spiro atoms. The Morgan fingerprint density at radius 2 is 1.14 bits per heavy atom. The first-order valence-electron chi connectivity index (χ1n) is 0.730. The molecule has 0 aliphatic heterocycles. The summed E-state index contributed by atoms with van der Waals surface area (Å²) in [7, 11) is -5.39. The van der Waals surface area contributed by atoms with Crippen molar-refractivity contribution in [3.8, 4) is 0 Å². The second-order valence-corrected chi connectivity index (χ2v) is 1.34. The minimum absolute atomic E-state index is 0. The van der Waals surface area contributed by atoms with E-state index in [0.717, 1.165) is 0 Å². The summed E-state index contributed by atoms with van der Waals surface area (Å²) in [5, 5.41) is 0. The van der Waals surface area contributed by atoms with Gasteiger partial charge in [0.1, 0.15) is 0 Å². The van der Waals surface area contributed by atoms with E-state index in [9.17, 15) is 0 Å². The molecule has 0 unspecified atom stereocenters. The van der Waals surface area contributed by atoms with E-state index in [1.165, 1.54) is 0 Å². The fourth-order valence-electron chi connectivity index (χ4n) is 0. The Balaban J connectivity index is -0.0000000267.